The van der Waals surface area contributed by atoms with E-state index in [0.717, 1.165) is 17.7 Å². The van der Waals surface area contributed by atoms with Crippen molar-refractivity contribution < 1.29 is 4.79 Å². The third-order valence-corrected chi connectivity index (χ3v) is 3.28. The average molecular weight is 292 g/mol. The lowest BCUT2D eigenvalue weighted by Crippen LogP contribution is -2.23. The highest BCUT2D eigenvalue weighted by Gasteiger charge is 2.10. The summed E-state index contributed by atoms with van der Waals surface area (Å²) in [7, 11) is 0. The molecular formula is C17H16N4O. The summed E-state index contributed by atoms with van der Waals surface area (Å²) in [4.78, 5) is 16.1. The minimum absolute atomic E-state index is 0.195. The van der Waals surface area contributed by atoms with Crippen LogP contribution in [0.4, 0.5) is 0 Å². The monoisotopic (exact) mass is 292 g/mol. The summed E-state index contributed by atoms with van der Waals surface area (Å²) >= 11 is 0. The summed E-state index contributed by atoms with van der Waals surface area (Å²) in [6.45, 7) is 0.438. The van der Waals surface area contributed by atoms with E-state index in [1.165, 1.54) is 5.56 Å². The van der Waals surface area contributed by atoms with Gasteiger partial charge in [0, 0.05) is 31.1 Å². The quantitative estimate of drug-likeness (QED) is 0.758. The van der Waals surface area contributed by atoms with Crippen LogP contribution in [0.25, 0.3) is 0 Å². The van der Waals surface area contributed by atoms with Crippen LogP contribution in [0.2, 0.25) is 0 Å². The van der Waals surface area contributed by atoms with Gasteiger partial charge in [0.2, 0.25) is 0 Å². The van der Waals surface area contributed by atoms with Gasteiger partial charge in [-0.05, 0) is 23.3 Å². The van der Waals surface area contributed by atoms with Crippen LogP contribution in [0, 0.1) is 0 Å². The Morgan fingerprint density at radius 1 is 1.09 bits per heavy atom. The lowest BCUT2D eigenvalue weighted by Gasteiger charge is -2.02. The zero-order valence-electron chi connectivity index (χ0n) is 12.0. The van der Waals surface area contributed by atoms with Crippen LogP contribution < -0.4 is 5.32 Å². The number of pyridine rings is 1. The van der Waals surface area contributed by atoms with Crippen LogP contribution in [0.15, 0.2) is 60.9 Å². The number of hydrogen-bond acceptors (Lipinski definition) is 3. The number of aromatic amines is 1. The van der Waals surface area contributed by atoms with Crippen molar-refractivity contribution in [1.82, 2.24) is 20.5 Å². The molecule has 0 unspecified atom stereocenters. The Bertz CT molecular complexity index is 738. The SMILES string of the molecule is O=C(NCc1cccnc1)c1cc(Cc2ccccc2)[nH]n1. The minimum atomic E-state index is -0.195. The second-order valence-electron chi connectivity index (χ2n) is 4.98. The first-order valence-corrected chi connectivity index (χ1v) is 7.06. The molecule has 0 aliphatic rings. The Morgan fingerprint density at radius 2 is 1.91 bits per heavy atom. The number of benzene rings is 1. The molecule has 1 aromatic carbocycles. The van der Waals surface area contributed by atoms with Crippen molar-refractivity contribution in [2.24, 2.45) is 0 Å². The van der Waals surface area contributed by atoms with E-state index < -0.39 is 0 Å². The molecule has 5 nitrogen and oxygen atoms in total. The number of carbonyl (C=O) groups excluding carboxylic acids is 1. The summed E-state index contributed by atoms with van der Waals surface area (Å²) in [5.74, 6) is -0.195. The summed E-state index contributed by atoms with van der Waals surface area (Å²) < 4.78 is 0. The van der Waals surface area contributed by atoms with Gasteiger partial charge in [-0.25, -0.2) is 0 Å². The molecule has 110 valence electrons. The summed E-state index contributed by atoms with van der Waals surface area (Å²) in [5.41, 5.74) is 3.44. The Labute approximate surface area is 128 Å². The molecule has 2 aromatic heterocycles. The number of carbonyl (C=O) groups is 1. The standard InChI is InChI=1S/C17H16N4O/c22-17(19-12-14-7-4-8-18-11-14)16-10-15(20-21-16)9-13-5-2-1-3-6-13/h1-8,10-11H,9,12H2,(H,19,22)(H,20,21). The van der Waals surface area contributed by atoms with Gasteiger partial charge in [-0.3, -0.25) is 14.9 Å². The van der Waals surface area contributed by atoms with Gasteiger partial charge in [0.05, 0.1) is 0 Å². The van der Waals surface area contributed by atoms with E-state index in [0.29, 0.717) is 12.2 Å². The maximum Gasteiger partial charge on any atom is 0.272 e. The summed E-state index contributed by atoms with van der Waals surface area (Å²) in [5, 5.41) is 9.81. The van der Waals surface area contributed by atoms with E-state index in [1.54, 1.807) is 18.5 Å². The van der Waals surface area contributed by atoms with Gasteiger partial charge in [0.15, 0.2) is 0 Å². The van der Waals surface area contributed by atoms with Gasteiger partial charge in [-0.1, -0.05) is 36.4 Å². The predicted octanol–water partition coefficient (Wildman–Crippen LogP) is 2.33. The van der Waals surface area contributed by atoms with E-state index in [2.05, 4.69) is 20.5 Å². The number of nitrogens with one attached hydrogen (secondary N) is 2. The highest BCUT2D eigenvalue weighted by Crippen LogP contribution is 2.08. The molecule has 1 amide bonds. The number of H-pyrrole nitrogens is 1. The van der Waals surface area contributed by atoms with Crippen LogP contribution in [-0.4, -0.2) is 21.1 Å². The number of aromatic nitrogens is 3. The zero-order valence-corrected chi connectivity index (χ0v) is 12.0. The second-order valence-corrected chi connectivity index (χ2v) is 4.98. The van der Waals surface area contributed by atoms with Gasteiger partial charge >= 0.3 is 0 Å². The molecule has 3 aromatic rings. The van der Waals surface area contributed by atoms with E-state index >= 15 is 0 Å². The third-order valence-electron chi connectivity index (χ3n) is 3.28. The summed E-state index contributed by atoms with van der Waals surface area (Å²) in [6.07, 6.45) is 4.16. The molecule has 0 atom stereocenters. The third kappa shape index (κ3) is 3.58. The molecule has 0 bridgehead atoms. The van der Waals surface area contributed by atoms with Crippen molar-refractivity contribution >= 4 is 5.91 Å². The normalized spacial score (nSPS) is 10.4. The Hall–Kier alpha value is -2.95. The van der Waals surface area contributed by atoms with Gasteiger partial charge in [-0.2, -0.15) is 5.10 Å². The van der Waals surface area contributed by atoms with Crippen LogP contribution in [0.1, 0.15) is 27.3 Å². The van der Waals surface area contributed by atoms with Gasteiger partial charge < -0.3 is 5.32 Å². The molecule has 2 N–H and O–H groups in total. The minimum Gasteiger partial charge on any atom is -0.347 e. The Kier molecular flexibility index (Phi) is 4.25. The molecular weight excluding hydrogens is 276 g/mol. The second kappa shape index (κ2) is 6.67. The molecule has 0 radical (unpaired) electrons. The molecule has 0 saturated carbocycles. The first-order chi connectivity index (χ1) is 10.8. The summed E-state index contributed by atoms with van der Waals surface area (Å²) in [6, 6.07) is 15.6. The predicted molar refractivity (Wildman–Crippen MR) is 83.2 cm³/mol. The molecule has 22 heavy (non-hydrogen) atoms. The maximum absolute atomic E-state index is 12.1. The highest BCUT2D eigenvalue weighted by molar-refractivity contribution is 5.92. The zero-order chi connectivity index (χ0) is 15.2. The number of nitrogens with zero attached hydrogens (tertiary/aromatic N) is 2. The fourth-order valence-electron chi connectivity index (χ4n) is 2.16. The van der Waals surface area contributed by atoms with Crippen LogP contribution in [0.5, 0.6) is 0 Å². The molecule has 5 heteroatoms. The lowest BCUT2D eigenvalue weighted by atomic mass is 10.1. The van der Waals surface area contributed by atoms with Crippen molar-refractivity contribution in [3.8, 4) is 0 Å². The molecule has 0 spiro atoms. The van der Waals surface area contributed by atoms with E-state index in [4.69, 9.17) is 0 Å². The molecule has 0 aliphatic carbocycles. The highest BCUT2D eigenvalue weighted by atomic mass is 16.1. The molecule has 2 heterocycles. The van der Waals surface area contributed by atoms with E-state index in [-0.39, 0.29) is 5.91 Å². The maximum atomic E-state index is 12.1. The topological polar surface area (TPSA) is 70.7 Å². The largest absolute Gasteiger partial charge is 0.347 e. The molecule has 0 fully saturated rings. The number of rotatable bonds is 5. The lowest BCUT2D eigenvalue weighted by molar-refractivity contribution is 0.0946. The van der Waals surface area contributed by atoms with Crippen LogP contribution in [-0.2, 0) is 13.0 Å². The van der Waals surface area contributed by atoms with Crippen molar-refractivity contribution in [1.29, 1.82) is 0 Å². The van der Waals surface area contributed by atoms with Crippen molar-refractivity contribution in [3.63, 3.8) is 0 Å². The van der Waals surface area contributed by atoms with Crippen molar-refractivity contribution in [2.45, 2.75) is 13.0 Å². The van der Waals surface area contributed by atoms with Gasteiger partial charge in [0.1, 0.15) is 5.69 Å². The average Bonchev–Trinajstić information content (AvgIpc) is 3.03. The van der Waals surface area contributed by atoms with E-state index in [1.807, 2.05) is 42.5 Å². The van der Waals surface area contributed by atoms with Crippen LogP contribution in [0.3, 0.4) is 0 Å². The Balaban J connectivity index is 1.60. The van der Waals surface area contributed by atoms with Crippen molar-refractivity contribution in [3.05, 3.63) is 83.4 Å². The van der Waals surface area contributed by atoms with Gasteiger partial charge in [0.25, 0.3) is 5.91 Å². The van der Waals surface area contributed by atoms with Crippen LogP contribution >= 0.6 is 0 Å². The first kappa shape index (κ1) is 14.0. The fourth-order valence-corrected chi connectivity index (χ4v) is 2.16. The molecule has 3 rings (SSSR count). The smallest absolute Gasteiger partial charge is 0.272 e. The van der Waals surface area contributed by atoms with Gasteiger partial charge in [-0.15, -0.1) is 0 Å². The van der Waals surface area contributed by atoms with Crippen molar-refractivity contribution in [2.75, 3.05) is 0 Å². The molecule has 0 saturated heterocycles. The molecule has 0 aliphatic heterocycles. The fraction of sp³-hybridized carbons (Fsp3) is 0.118. The Morgan fingerprint density at radius 3 is 2.68 bits per heavy atom. The number of amides is 1. The van der Waals surface area contributed by atoms with E-state index in [9.17, 15) is 4.79 Å². The first-order valence-electron chi connectivity index (χ1n) is 7.06. The number of hydrogen-bond donors (Lipinski definition) is 2.